The Hall–Kier alpha value is -2.37. The van der Waals surface area contributed by atoms with E-state index in [1.165, 1.54) is 0 Å². The van der Waals surface area contributed by atoms with E-state index in [-0.39, 0.29) is 13.3 Å². The van der Waals surface area contributed by atoms with Crippen molar-refractivity contribution in [2.75, 3.05) is 13.3 Å². The number of esters is 1. The van der Waals surface area contributed by atoms with Crippen LogP contribution in [0.2, 0.25) is 10.0 Å². The Bertz CT molecular complexity index is 1130. The lowest BCUT2D eigenvalue weighted by atomic mass is 9.97. The average Bonchev–Trinajstić information content (AvgIpc) is 3.01. The second-order valence-electron chi connectivity index (χ2n) is 7.54. The molecule has 0 atom stereocenters. The number of halogens is 3. The summed E-state index contributed by atoms with van der Waals surface area (Å²) in [7, 11) is 0. The maximum absolute atomic E-state index is 12.7. The summed E-state index contributed by atoms with van der Waals surface area (Å²) < 4.78 is 19.7. The predicted octanol–water partition coefficient (Wildman–Crippen LogP) is 6.41. The summed E-state index contributed by atoms with van der Waals surface area (Å²) >= 11 is 12.6. The molecule has 1 heterocycles. The minimum Gasteiger partial charge on any atom is -0.461 e. The summed E-state index contributed by atoms with van der Waals surface area (Å²) in [5, 5.41) is 5.62. The van der Waals surface area contributed by atoms with Gasteiger partial charge < -0.3 is 4.74 Å². The first-order valence-electron chi connectivity index (χ1n) is 10.5. The zero-order valence-corrected chi connectivity index (χ0v) is 18.8. The lowest BCUT2D eigenvalue weighted by molar-refractivity contribution is 0.0517. The van der Waals surface area contributed by atoms with Crippen molar-refractivity contribution >= 4 is 29.2 Å². The van der Waals surface area contributed by atoms with Gasteiger partial charge in [0.25, 0.3) is 0 Å². The zero-order valence-electron chi connectivity index (χ0n) is 17.3. The quantitative estimate of drug-likeness (QED) is 0.399. The van der Waals surface area contributed by atoms with E-state index in [0.717, 1.165) is 40.8 Å². The first-order valence-corrected chi connectivity index (χ1v) is 11.2. The maximum Gasteiger partial charge on any atom is 0.359 e. The number of aryl methyl sites for hydroxylation is 2. The maximum atomic E-state index is 12.7. The molecule has 1 aromatic heterocycles. The van der Waals surface area contributed by atoms with E-state index in [1.807, 2.05) is 12.1 Å². The van der Waals surface area contributed by atoms with Crippen LogP contribution in [0.3, 0.4) is 0 Å². The number of carbonyl (C=O) groups is 1. The number of nitrogens with zero attached hydrogens (tertiary/aromatic N) is 2. The van der Waals surface area contributed by atoms with Gasteiger partial charge in [0.1, 0.15) is 0 Å². The van der Waals surface area contributed by atoms with E-state index >= 15 is 0 Å². The number of alkyl halides is 1. The SMILES string of the molecule is CCOC(=O)c1nn(-c2ccc(Cl)cc2Cl)c2c1CCCc1cc(CCCF)ccc1-2. The molecule has 0 unspecified atom stereocenters. The van der Waals surface area contributed by atoms with Crippen LogP contribution in [0.1, 0.15) is 46.9 Å². The van der Waals surface area contributed by atoms with E-state index < -0.39 is 5.97 Å². The van der Waals surface area contributed by atoms with E-state index in [9.17, 15) is 9.18 Å². The Kier molecular flexibility index (Phi) is 6.63. The molecule has 31 heavy (non-hydrogen) atoms. The molecule has 0 bridgehead atoms. The third-order valence-corrected chi connectivity index (χ3v) is 6.02. The number of hydrogen-bond donors (Lipinski definition) is 0. The van der Waals surface area contributed by atoms with Gasteiger partial charge in [-0.1, -0.05) is 41.4 Å². The van der Waals surface area contributed by atoms with Crippen molar-refractivity contribution in [3.05, 3.63) is 68.8 Å². The smallest absolute Gasteiger partial charge is 0.359 e. The van der Waals surface area contributed by atoms with Gasteiger partial charge in [-0.2, -0.15) is 5.10 Å². The molecule has 162 valence electrons. The molecule has 3 aromatic rings. The van der Waals surface area contributed by atoms with Crippen LogP contribution in [0.4, 0.5) is 4.39 Å². The molecule has 4 nitrogen and oxygen atoms in total. The fourth-order valence-electron chi connectivity index (χ4n) is 4.12. The Morgan fingerprint density at radius 2 is 2.03 bits per heavy atom. The molecule has 0 fully saturated rings. The van der Waals surface area contributed by atoms with Crippen LogP contribution in [0.5, 0.6) is 0 Å². The van der Waals surface area contributed by atoms with E-state index in [2.05, 4.69) is 11.2 Å². The van der Waals surface area contributed by atoms with E-state index in [4.69, 9.17) is 27.9 Å². The highest BCUT2D eigenvalue weighted by Gasteiger charge is 2.29. The fourth-order valence-corrected chi connectivity index (χ4v) is 4.61. The third-order valence-electron chi connectivity index (χ3n) is 5.49. The van der Waals surface area contributed by atoms with Crippen molar-refractivity contribution in [2.45, 2.75) is 39.0 Å². The highest BCUT2D eigenvalue weighted by Crippen LogP contribution is 2.38. The Morgan fingerprint density at radius 3 is 2.77 bits per heavy atom. The fraction of sp³-hybridized carbons (Fsp3) is 0.333. The van der Waals surface area contributed by atoms with Gasteiger partial charge in [-0.05, 0) is 68.4 Å². The minimum absolute atomic E-state index is 0.274. The van der Waals surface area contributed by atoms with E-state index in [0.29, 0.717) is 40.7 Å². The summed E-state index contributed by atoms with van der Waals surface area (Å²) in [6, 6.07) is 11.4. The molecular formula is C24H23Cl2FN2O2. The number of ether oxygens (including phenoxy) is 1. The summed E-state index contributed by atoms with van der Waals surface area (Å²) in [5.74, 6) is -0.439. The van der Waals surface area contributed by atoms with Gasteiger partial charge in [0.15, 0.2) is 5.69 Å². The van der Waals surface area contributed by atoms with Crippen molar-refractivity contribution in [1.29, 1.82) is 0 Å². The van der Waals surface area contributed by atoms with Gasteiger partial charge in [0.2, 0.25) is 0 Å². The zero-order chi connectivity index (χ0) is 22.0. The number of aromatic nitrogens is 2. The van der Waals surface area contributed by atoms with Crippen molar-refractivity contribution in [1.82, 2.24) is 9.78 Å². The van der Waals surface area contributed by atoms with Gasteiger partial charge in [-0.3, -0.25) is 4.39 Å². The topological polar surface area (TPSA) is 44.1 Å². The van der Waals surface area contributed by atoms with Crippen molar-refractivity contribution in [3.63, 3.8) is 0 Å². The molecule has 0 amide bonds. The van der Waals surface area contributed by atoms with Crippen LogP contribution < -0.4 is 0 Å². The van der Waals surface area contributed by atoms with Gasteiger partial charge in [-0.15, -0.1) is 0 Å². The molecule has 0 radical (unpaired) electrons. The molecule has 0 saturated carbocycles. The van der Waals surface area contributed by atoms with Crippen LogP contribution in [-0.2, 0) is 24.0 Å². The highest BCUT2D eigenvalue weighted by molar-refractivity contribution is 6.35. The van der Waals surface area contributed by atoms with Gasteiger partial charge in [-0.25, -0.2) is 9.48 Å². The molecule has 1 aliphatic rings. The van der Waals surface area contributed by atoms with Crippen LogP contribution in [-0.4, -0.2) is 29.0 Å². The standard InChI is InChI=1S/C24H23Cl2FN2O2/c1-2-31-24(30)22-19-7-3-6-16-13-15(5-4-12-27)8-10-18(16)23(19)29(28-22)21-11-9-17(25)14-20(21)26/h8-11,13-14H,2-7,12H2,1H3. The van der Waals surface area contributed by atoms with Crippen LogP contribution in [0, 0.1) is 0 Å². The van der Waals surface area contributed by atoms with Gasteiger partial charge in [0.05, 0.1) is 29.7 Å². The van der Waals surface area contributed by atoms with Crippen molar-refractivity contribution in [2.24, 2.45) is 0 Å². The molecule has 0 spiro atoms. The minimum atomic E-state index is -0.439. The van der Waals surface area contributed by atoms with Crippen molar-refractivity contribution < 1.29 is 13.9 Å². The summed E-state index contributed by atoms with van der Waals surface area (Å²) in [6.45, 7) is 1.72. The molecule has 0 saturated heterocycles. The number of benzene rings is 2. The third kappa shape index (κ3) is 4.35. The largest absolute Gasteiger partial charge is 0.461 e. The number of fused-ring (bicyclic) bond motifs is 3. The lowest BCUT2D eigenvalue weighted by Crippen LogP contribution is -2.09. The van der Waals surface area contributed by atoms with Gasteiger partial charge >= 0.3 is 5.97 Å². The monoisotopic (exact) mass is 460 g/mol. The summed E-state index contributed by atoms with van der Waals surface area (Å²) in [6.07, 6.45) is 3.65. The Morgan fingerprint density at radius 1 is 1.19 bits per heavy atom. The summed E-state index contributed by atoms with van der Waals surface area (Å²) in [4.78, 5) is 12.7. The highest BCUT2D eigenvalue weighted by atomic mass is 35.5. The predicted molar refractivity (Wildman–Crippen MR) is 121 cm³/mol. The van der Waals surface area contributed by atoms with Crippen molar-refractivity contribution in [3.8, 4) is 16.9 Å². The first kappa shape index (κ1) is 21.8. The molecule has 2 aromatic carbocycles. The van der Waals surface area contributed by atoms with Gasteiger partial charge in [0, 0.05) is 16.1 Å². The lowest BCUT2D eigenvalue weighted by Gasteiger charge is -2.14. The average molecular weight is 461 g/mol. The molecular weight excluding hydrogens is 438 g/mol. The summed E-state index contributed by atoms with van der Waals surface area (Å²) in [5.41, 5.74) is 5.95. The molecule has 1 aliphatic carbocycles. The number of rotatable bonds is 6. The normalized spacial score (nSPS) is 12.8. The number of carbonyl (C=O) groups excluding carboxylic acids is 1. The molecule has 0 N–H and O–H groups in total. The molecule has 7 heteroatoms. The number of hydrogen-bond acceptors (Lipinski definition) is 3. The first-order chi connectivity index (χ1) is 15.0. The second-order valence-corrected chi connectivity index (χ2v) is 8.38. The molecule has 0 aliphatic heterocycles. The van der Waals surface area contributed by atoms with Crippen LogP contribution in [0.25, 0.3) is 16.9 Å². The van der Waals surface area contributed by atoms with Crippen LogP contribution >= 0.6 is 23.2 Å². The second kappa shape index (κ2) is 9.41. The molecule has 4 rings (SSSR count). The Balaban J connectivity index is 1.93. The van der Waals surface area contributed by atoms with E-state index in [1.54, 1.807) is 29.8 Å². The van der Waals surface area contributed by atoms with Crippen LogP contribution in [0.15, 0.2) is 36.4 Å². The Labute approximate surface area is 190 Å².